The van der Waals surface area contributed by atoms with Gasteiger partial charge in [0.1, 0.15) is 5.75 Å². The van der Waals surface area contributed by atoms with E-state index < -0.39 is 11.8 Å². The number of hydrogen-bond donors (Lipinski definition) is 2. The summed E-state index contributed by atoms with van der Waals surface area (Å²) in [6, 6.07) is 14.0. The van der Waals surface area contributed by atoms with Crippen molar-refractivity contribution in [1.82, 2.24) is 5.32 Å². The number of hydrogen-bond acceptors (Lipinski definition) is 4. The Hall–Kier alpha value is -3.06. The van der Waals surface area contributed by atoms with Crippen LogP contribution in [-0.2, 0) is 14.4 Å². The highest BCUT2D eigenvalue weighted by molar-refractivity contribution is 6.31. The number of rotatable bonds is 6. The molecule has 1 heterocycles. The number of carbonyl (C=O) groups is 3. The SMILES string of the molecule is COc1ccc(Cl)cc1NC(=O)CNC(=O)[C@H]1CC(=O)N(c2ccccc2)C1. The summed E-state index contributed by atoms with van der Waals surface area (Å²) in [4.78, 5) is 38.3. The molecule has 0 saturated carbocycles. The molecule has 3 rings (SSSR count). The first-order chi connectivity index (χ1) is 13.5. The number of benzene rings is 2. The van der Waals surface area contributed by atoms with Gasteiger partial charge in [0.25, 0.3) is 0 Å². The summed E-state index contributed by atoms with van der Waals surface area (Å²) in [6.07, 6.45) is 0.116. The Balaban J connectivity index is 1.54. The summed E-state index contributed by atoms with van der Waals surface area (Å²) in [5.41, 5.74) is 1.18. The normalized spacial score (nSPS) is 16.0. The molecule has 1 aliphatic rings. The quantitative estimate of drug-likeness (QED) is 0.778. The van der Waals surface area contributed by atoms with Crippen molar-refractivity contribution in [2.75, 3.05) is 30.4 Å². The van der Waals surface area contributed by atoms with Gasteiger partial charge >= 0.3 is 0 Å². The minimum atomic E-state index is -0.499. The predicted molar refractivity (Wildman–Crippen MR) is 107 cm³/mol. The molecule has 28 heavy (non-hydrogen) atoms. The van der Waals surface area contributed by atoms with E-state index in [2.05, 4.69) is 10.6 Å². The van der Waals surface area contributed by atoms with Gasteiger partial charge in [0.05, 0.1) is 25.3 Å². The van der Waals surface area contributed by atoms with Crippen LogP contribution in [0.15, 0.2) is 48.5 Å². The number of amides is 3. The zero-order chi connectivity index (χ0) is 20.1. The molecule has 2 N–H and O–H groups in total. The molecular formula is C20H20ClN3O4. The fraction of sp³-hybridized carbons (Fsp3) is 0.250. The van der Waals surface area contributed by atoms with Crippen molar-refractivity contribution in [1.29, 1.82) is 0 Å². The second-order valence-electron chi connectivity index (χ2n) is 6.35. The van der Waals surface area contributed by atoms with Gasteiger partial charge in [-0.1, -0.05) is 29.8 Å². The molecule has 0 radical (unpaired) electrons. The van der Waals surface area contributed by atoms with Gasteiger partial charge in [0, 0.05) is 23.7 Å². The van der Waals surface area contributed by atoms with E-state index in [1.165, 1.54) is 7.11 Å². The van der Waals surface area contributed by atoms with Crippen molar-refractivity contribution in [2.24, 2.45) is 5.92 Å². The summed E-state index contributed by atoms with van der Waals surface area (Å²) < 4.78 is 5.17. The molecular weight excluding hydrogens is 382 g/mol. The lowest BCUT2D eigenvalue weighted by molar-refractivity contribution is -0.127. The van der Waals surface area contributed by atoms with E-state index in [0.717, 1.165) is 5.69 Å². The van der Waals surface area contributed by atoms with Crippen molar-refractivity contribution in [3.8, 4) is 5.75 Å². The summed E-state index contributed by atoms with van der Waals surface area (Å²) >= 11 is 5.94. The minimum absolute atomic E-state index is 0.112. The van der Waals surface area contributed by atoms with Crippen LogP contribution < -0.4 is 20.3 Å². The molecule has 0 aromatic heterocycles. The van der Waals surface area contributed by atoms with Crippen LogP contribution in [0.25, 0.3) is 0 Å². The van der Waals surface area contributed by atoms with Crippen LogP contribution in [0.2, 0.25) is 5.02 Å². The van der Waals surface area contributed by atoms with E-state index >= 15 is 0 Å². The Bertz CT molecular complexity index is 888. The number of halogens is 1. The number of anilines is 2. The van der Waals surface area contributed by atoms with Crippen LogP contribution in [0.1, 0.15) is 6.42 Å². The molecule has 146 valence electrons. The second-order valence-corrected chi connectivity index (χ2v) is 6.79. The molecule has 0 bridgehead atoms. The Morgan fingerprint density at radius 3 is 2.68 bits per heavy atom. The Kier molecular flexibility index (Phi) is 6.16. The van der Waals surface area contributed by atoms with Crippen molar-refractivity contribution in [3.63, 3.8) is 0 Å². The molecule has 1 fully saturated rings. The van der Waals surface area contributed by atoms with Gasteiger partial charge in [0.15, 0.2) is 0 Å². The molecule has 2 aromatic carbocycles. The van der Waals surface area contributed by atoms with Crippen LogP contribution in [0.3, 0.4) is 0 Å². The van der Waals surface area contributed by atoms with Gasteiger partial charge in [-0.15, -0.1) is 0 Å². The lowest BCUT2D eigenvalue weighted by atomic mass is 10.1. The topological polar surface area (TPSA) is 87.7 Å². The number of para-hydroxylation sites is 1. The van der Waals surface area contributed by atoms with Crippen LogP contribution in [0.5, 0.6) is 5.75 Å². The lowest BCUT2D eigenvalue weighted by Crippen LogP contribution is -2.38. The molecule has 1 aliphatic heterocycles. The largest absolute Gasteiger partial charge is 0.495 e. The van der Waals surface area contributed by atoms with Gasteiger partial charge in [-0.2, -0.15) is 0 Å². The van der Waals surface area contributed by atoms with Crippen molar-refractivity contribution in [3.05, 3.63) is 53.6 Å². The highest BCUT2D eigenvalue weighted by atomic mass is 35.5. The molecule has 0 spiro atoms. The van der Waals surface area contributed by atoms with Crippen LogP contribution in [0.4, 0.5) is 11.4 Å². The van der Waals surface area contributed by atoms with Crippen LogP contribution in [0, 0.1) is 5.92 Å². The summed E-state index contributed by atoms with van der Waals surface area (Å²) in [7, 11) is 1.48. The third kappa shape index (κ3) is 4.61. The number of nitrogens with zero attached hydrogens (tertiary/aromatic N) is 1. The minimum Gasteiger partial charge on any atom is -0.495 e. The zero-order valence-electron chi connectivity index (χ0n) is 15.3. The molecule has 1 atom stereocenters. The lowest BCUT2D eigenvalue weighted by Gasteiger charge is -2.16. The third-order valence-corrected chi connectivity index (χ3v) is 4.66. The fourth-order valence-electron chi connectivity index (χ4n) is 3.02. The standard InChI is InChI=1S/C20H20ClN3O4/c1-28-17-8-7-14(21)10-16(17)23-18(25)11-22-20(27)13-9-19(26)24(12-13)15-5-3-2-4-6-15/h2-8,10,13H,9,11-12H2,1H3,(H,22,27)(H,23,25)/t13-/m0/s1. The number of nitrogens with one attached hydrogen (secondary N) is 2. The van der Waals surface area contributed by atoms with Crippen molar-refractivity contribution >= 4 is 40.7 Å². The smallest absolute Gasteiger partial charge is 0.243 e. The summed E-state index contributed by atoms with van der Waals surface area (Å²) in [5.74, 6) is -0.900. The van der Waals surface area contributed by atoms with E-state index in [1.54, 1.807) is 23.1 Å². The van der Waals surface area contributed by atoms with Gasteiger partial charge in [0.2, 0.25) is 17.7 Å². The molecule has 1 saturated heterocycles. The molecule has 8 heteroatoms. The maximum Gasteiger partial charge on any atom is 0.243 e. The molecule has 7 nitrogen and oxygen atoms in total. The third-order valence-electron chi connectivity index (χ3n) is 4.42. The highest BCUT2D eigenvalue weighted by Gasteiger charge is 2.35. The van der Waals surface area contributed by atoms with Gasteiger partial charge in [-0.25, -0.2) is 0 Å². The van der Waals surface area contributed by atoms with E-state index in [1.807, 2.05) is 30.3 Å². The Labute approximate surface area is 167 Å². The molecule has 0 unspecified atom stereocenters. The Morgan fingerprint density at radius 1 is 1.21 bits per heavy atom. The van der Waals surface area contributed by atoms with Gasteiger partial charge in [-0.3, -0.25) is 14.4 Å². The number of methoxy groups -OCH3 is 1. The maximum absolute atomic E-state index is 12.4. The average molecular weight is 402 g/mol. The first kappa shape index (κ1) is 19.7. The van der Waals surface area contributed by atoms with E-state index in [4.69, 9.17) is 16.3 Å². The van der Waals surface area contributed by atoms with Gasteiger partial charge in [-0.05, 0) is 30.3 Å². The van der Waals surface area contributed by atoms with Crippen LogP contribution in [-0.4, -0.2) is 37.9 Å². The first-order valence-corrected chi connectivity index (χ1v) is 9.12. The van der Waals surface area contributed by atoms with Crippen LogP contribution >= 0.6 is 11.6 Å². The van der Waals surface area contributed by atoms with E-state index in [9.17, 15) is 14.4 Å². The monoisotopic (exact) mass is 401 g/mol. The Morgan fingerprint density at radius 2 is 1.96 bits per heavy atom. The predicted octanol–water partition coefficient (Wildman–Crippen LogP) is 2.46. The van der Waals surface area contributed by atoms with Crippen molar-refractivity contribution in [2.45, 2.75) is 6.42 Å². The molecule has 2 aromatic rings. The van der Waals surface area contributed by atoms with E-state index in [0.29, 0.717) is 23.0 Å². The highest BCUT2D eigenvalue weighted by Crippen LogP contribution is 2.27. The number of ether oxygens (including phenoxy) is 1. The zero-order valence-corrected chi connectivity index (χ0v) is 16.0. The summed E-state index contributed by atoms with van der Waals surface area (Å²) in [6.45, 7) is 0.0724. The maximum atomic E-state index is 12.4. The molecule has 0 aliphatic carbocycles. The van der Waals surface area contributed by atoms with E-state index in [-0.39, 0.29) is 24.8 Å². The van der Waals surface area contributed by atoms with Gasteiger partial charge < -0.3 is 20.3 Å². The first-order valence-electron chi connectivity index (χ1n) is 8.74. The second kappa shape index (κ2) is 8.75. The average Bonchev–Trinajstić information content (AvgIpc) is 3.09. The fourth-order valence-corrected chi connectivity index (χ4v) is 3.20. The number of carbonyl (C=O) groups excluding carboxylic acids is 3. The van der Waals surface area contributed by atoms with Crippen molar-refractivity contribution < 1.29 is 19.1 Å². The molecule has 3 amide bonds. The summed E-state index contributed by atoms with van der Waals surface area (Å²) in [5, 5.41) is 5.69.